The molecule has 134 valence electrons. The molecule has 2 aliphatic rings. The summed E-state index contributed by atoms with van der Waals surface area (Å²) in [4.78, 5) is 10.8. The molecule has 2 aromatic carbocycles. The number of nitrogens with zero attached hydrogens (tertiary/aromatic N) is 1. The molecule has 1 N–H and O–H groups in total. The average Bonchev–Trinajstić information content (AvgIpc) is 3.11. The molecule has 5 nitrogen and oxygen atoms in total. The van der Waals surface area contributed by atoms with E-state index in [0.29, 0.717) is 10.8 Å². The smallest absolute Gasteiger partial charge is 0.288 e. The van der Waals surface area contributed by atoms with Gasteiger partial charge in [0.15, 0.2) is 0 Å². The maximum atomic E-state index is 11.3. The molecule has 0 saturated carbocycles. The number of fused-ring (bicyclic) bond motifs is 3. The number of allylic oxidation sites excluding steroid dienone is 2. The number of hydrogen-bond acceptors (Lipinski definition) is 4. The number of nitro benzene ring substituents is 1. The van der Waals surface area contributed by atoms with Gasteiger partial charge in [-0.3, -0.25) is 10.1 Å². The second-order valence-corrected chi connectivity index (χ2v) is 7.30. The van der Waals surface area contributed by atoms with Crippen molar-refractivity contribution in [2.45, 2.75) is 18.4 Å². The van der Waals surface area contributed by atoms with Crippen LogP contribution in [0, 0.1) is 16.0 Å². The Morgan fingerprint density at radius 2 is 2.00 bits per heavy atom. The highest BCUT2D eigenvalue weighted by Crippen LogP contribution is 2.54. The van der Waals surface area contributed by atoms with Crippen molar-refractivity contribution in [3.63, 3.8) is 0 Å². The largest absolute Gasteiger partial charge is 0.495 e. The zero-order valence-electron chi connectivity index (χ0n) is 13.9. The van der Waals surface area contributed by atoms with Gasteiger partial charge in [0.25, 0.3) is 5.69 Å². The predicted octanol–water partition coefficient (Wildman–Crippen LogP) is 5.74. The van der Waals surface area contributed by atoms with E-state index >= 15 is 0 Å². The van der Waals surface area contributed by atoms with Crippen molar-refractivity contribution in [3.05, 3.63) is 73.8 Å². The van der Waals surface area contributed by atoms with Crippen LogP contribution in [0.1, 0.15) is 29.5 Å². The van der Waals surface area contributed by atoms with E-state index in [4.69, 9.17) is 27.9 Å². The fourth-order valence-corrected chi connectivity index (χ4v) is 4.47. The molecule has 0 fully saturated rings. The first kappa shape index (κ1) is 17.2. The summed E-state index contributed by atoms with van der Waals surface area (Å²) < 4.78 is 5.51. The number of hydrogen-bond donors (Lipinski definition) is 1. The van der Waals surface area contributed by atoms with Crippen molar-refractivity contribution >= 4 is 34.6 Å². The number of ether oxygens (including phenoxy) is 1. The second kappa shape index (κ2) is 6.49. The summed E-state index contributed by atoms with van der Waals surface area (Å²) in [6.45, 7) is 0. The first-order valence-electron chi connectivity index (χ1n) is 8.24. The number of nitro groups is 1. The highest BCUT2D eigenvalue weighted by molar-refractivity contribution is 6.32. The van der Waals surface area contributed by atoms with Crippen molar-refractivity contribution in [2.75, 3.05) is 12.4 Å². The molecule has 0 radical (unpaired) electrons. The Bertz CT molecular complexity index is 929. The van der Waals surface area contributed by atoms with Crippen molar-refractivity contribution in [2.24, 2.45) is 5.92 Å². The van der Waals surface area contributed by atoms with Crippen LogP contribution in [-0.2, 0) is 0 Å². The zero-order valence-corrected chi connectivity index (χ0v) is 15.4. The number of rotatable bonds is 3. The van der Waals surface area contributed by atoms with Gasteiger partial charge in [-0.1, -0.05) is 41.4 Å². The Kier molecular flexibility index (Phi) is 4.29. The van der Waals surface area contributed by atoms with Gasteiger partial charge in [-0.2, -0.15) is 0 Å². The quantitative estimate of drug-likeness (QED) is 0.412. The molecule has 0 spiro atoms. The molecule has 2 aromatic rings. The van der Waals surface area contributed by atoms with Gasteiger partial charge in [0, 0.05) is 22.6 Å². The minimum atomic E-state index is -0.454. The predicted molar refractivity (Wildman–Crippen MR) is 102 cm³/mol. The van der Waals surface area contributed by atoms with Crippen LogP contribution >= 0.6 is 23.2 Å². The second-order valence-electron chi connectivity index (χ2n) is 6.48. The Morgan fingerprint density at radius 1 is 1.23 bits per heavy atom. The average molecular weight is 391 g/mol. The van der Waals surface area contributed by atoms with Gasteiger partial charge < -0.3 is 10.1 Å². The number of halogens is 2. The monoisotopic (exact) mass is 390 g/mol. The Labute approximate surface area is 160 Å². The maximum absolute atomic E-state index is 11.3. The third-order valence-electron chi connectivity index (χ3n) is 5.17. The third-order valence-corrected chi connectivity index (χ3v) is 5.82. The molecule has 3 atom stereocenters. The Hall–Kier alpha value is -2.24. The van der Waals surface area contributed by atoms with Gasteiger partial charge in [0.05, 0.1) is 23.8 Å². The molecule has 26 heavy (non-hydrogen) atoms. The van der Waals surface area contributed by atoms with Crippen LogP contribution in [0.3, 0.4) is 0 Å². The van der Waals surface area contributed by atoms with Crippen LogP contribution in [0.5, 0.6) is 5.75 Å². The molecule has 1 aliphatic carbocycles. The topological polar surface area (TPSA) is 64.4 Å². The van der Waals surface area contributed by atoms with Gasteiger partial charge >= 0.3 is 0 Å². The van der Waals surface area contributed by atoms with E-state index in [9.17, 15) is 10.1 Å². The Morgan fingerprint density at radius 3 is 2.73 bits per heavy atom. The van der Waals surface area contributed by atoms with E-state index in [1.165, 1.54) is 0 Å². The fraction of sp³-hybridized carbons (Fsp3) is 0.263. The van der Waals surface area contributed by atoms with E-state index in [0.717, 1.165) is 23.2 Å². The lowest BCUT2D eigenvalue weighted by Crippen LogP contribution is -2.29. The molecule has 0 saturated heterocycles. The van der Waals surface area contributed by atoms with Gasteiger partial charge in [-0.15, -0.1) is 0 Å². The van der Waals surface area contributed by atoms with Crippen LogP contribution in [0.25, 0.3) is 0 Å². The number of benzene rings is 2. The van der Waals surface area contributed by atoms with E-state index in [1.807, 2.05) is 18.2 Å². The van der Waals surface area contributed by atoms with Crippen molar-refractivity contribution < 1.29 is 9.66 Å². The molecule has 0 amide bonds. The summed E-state index contributed by atoms with van der Waals surface area (Å²) in [6, 6.07) is 8.54. The third kappa shape index (κ3) is 2.63. The molecule has 4 rings (SSSR count). The molecule has 0 bridgehead atoms. The van der Waals surface area contributed by atoms with Crippen LogP contribution in [0.15, 0.2) is 42.5 Å². The minimum absolute atomic E-state index is 0.0858. The van der Waals surface area contributed by atoms with E-state index in [1.54, 1.807) is 19.2 Å². The molecule has 0 aromatic heterocycles. The number of methoxy groups -OCH3 is 1. The lowest BCUT2D eigenvalue weighted by atomic mass is 9.76. The van der Waals surface area contributed by atoms with Crippen molar-refractivity contribution in [1.82, 2.24) is 0 Å². The maximum Gasteiger partial charge on any atom is 0.288 e. The first-order valence-corrected chi connectivity index (χ1v) is 9.00. The van der Waals surface area contributed by atoms with E-state index < -0.39 is 4.92 Å². The van der Waals surface area contributed by atoms with Crippen LogP contribution < -0.4 is 10.1 Å². The lowest BCUT2D eigenvalue weighted by Gasteiger charge is -2.38. The summed E-state index contributed by atoms with van der Waals surface area (Å²) in [6.07, 6.45) is 5.16. The van der Waals surface area contributed by atoms with Crippen LogP contribution in [0.2, 0.25) is 10.0 Å². The fourth-order valence-electron chi connectivity index (χ4n) is 4.00. The summed E-state index contributed by atoms with van der Waals surface area (Å²) in [5, 5.41) is 15.6. The molecule has 0 unspecified atom stereocenters. The van der Waals surface area contributed by atoms with E-state index in [2.05, 4.69) is 17.5 Å². The summed E-state index contributed by atoms with van der Waals surface area (Å²) >= 11 is 12.5. The first-order chi connectivity index (χ1) is 12.5. The zero-order chi connectivity index (χ0) is 18.4. The highest BCUT2D eigenvalue weighted by Gasteiger charge is 2.40. The molecular formula is C19H16Cl2N2O3. The van der Waals surface area contributed by atoms with Crippen LogP contribution in [0.4, 0.5) is 11.4 Å². The van der Waals surface area contributed by atoms with Crippen LogP contribution in [-0.4, -0.2) is 12.0 Å². The Balaban J connectivity index is 1.84. The van der Waals surface area contributed by atoms with Gasteiger partial charge in [-0.05, 0) is 36.1 Å². The van der Waals surface area contributed by atoms with Crippen molar-refractivity contribution in [3.8, 4) is 5.75 Å². The lowest BCUT2D eigenvalue weighted by molar-refractivity contribution is -0.384. The summed E-state index contributed by atoms with van der Waals surface area (Å²) in [5.74, 6) is 1.05. The van der Waals surface area contributed by atoms with Crippen molar-refractivity contribution in [1.29, 1.82) is 0 Å². The molecule has 1 aliphatic heterocycles. The highest BCUT2D eigenvalue weighted by atomic mass is 35.5. The van der Waals surface area contributed by atoms with Gasteiger partial charge in [0.2, 0.25) is 0 Å². The summed E-state index contributed by atoms with van der Waals surface area (Å²) in [7, 11) is 1.61. The number of nitrogens with one attached hydrogen (secondary N) is 1. The van der Waals surface area contributed by atoms with Gasteiger partial charge in [-0.25, -0.2) is 0 Å². The minimum Gasteiger partial charge on any atom is -0.495 e. The molecule has 7 heteroatoms. The molecule has 1 heterocycles. The number of anilines is 1. The SMILES string of the molecule is COc1ccc(Cl)c2c1N[C@H](c1ccc(Cl)c([N+](=O)[O-])c1)[C@H]1CC=C[C@H]21. The normalized spacial score (nSPS) is 23.1. The molecular weight excluding hydrogens is 375 g/mol. The summed E-state index contributed by atoms with van der Waals surface area (Å²) in [5.41, 5.74) is 2.60. The standard InChI is InChI=1S/C19H16Cl2N2O3/c1-26-16-8-7-14(21)17-11-3-2-4-12(11)18(22-19(16)17)10-5-6-13(20)15(9-10)23(24)25/h2-3,5-9,11-12,18,22H,4H2,1H3/t11-,12-,18+/m0/s1. The van der Waals surface area contributed by atoms with Gasteiger partial charge in [0.1, 0.15) is 10.8 Å². The van der Waals surface area contributed by atoms with E-state index in [-0.39, 0.29) is 28.6 Å².